The van der Waals surface area contributed by atoms with E-state index in [9.17, 15) is 18.8 Å². The van der Waals surface area contributed by atoms with Gasteiger partial charge in [-0.1, -0.05) is 53.2 Å². The number of esters is 1. The van der Waals surface area contributed by atoms with E-state index in [2.05, 4.69) is 20.3 Å². The molecule has 1 aliphatic rings. The highest BCUT2D eigenvalue weighted by Crippen LogP contribution is 2.37. The van der Waals surface area contributed by atoms with Crippen LogP contribution in [0.1, 0.15) is 43.6 Å². The van der Waals surface area contributed by atoms with Crippen molar-refractivity contribution in [2.45, 2.75) is 18.9 Å². The van der Waals surface area contributed by atoms with Gasteiger partial charge in [0.2, 0.25) is 0 Å². The predicted molar refractivity (Wildman–Crippen MR) is 158 cm³/mol. The zero-order valence-corrected chi connectivity index (χ0v) is 24.1. The highest BCUT2D eigenvalue weighted by molar-refractivity contribution is 6.30. The second-order valence-electron chi connectivity index (χ2n) is 10.1. The van der Waals surface area contributed by atoms with Crippen LogP contribution in [0.25, 0.3) is 16.8 Å². The Kier molecular flexibility index (Phi) is 7.95. The minimum atomic E-state index is -0.954. The number of fused-ring (bicyclic) bond motifs is 1. The minimum Gasteiger partial charge on any atom is -0.465 e. The number of ketones is 1. The van der Waals surface area contributed by atoms with E-state index in [1.54, 1.807) is 42.7 Å². The van der Waals surface area contributed by atoms with Crippen molar-refractivity contribution in [3.63, 3.8) is 0 Å². The number of benzene rings is 3. The Labute approximate surface area is 256 Å². The monoisotopic (exact) mass is 610 g/mol. The lowest BCUT2D eigenvalue weighted by Crippen LogP contribution is -2.44. The summed E-state index contributed by atoms with van der Waals surface area (Å²) in [5.41, 5.74) is 4.25. The Morgan fingerprint density at radius 3 is 2.52 bits per heavy atom. The Morgan fingerprint density at radius 1 is 1.02 bits per heavy atom. The van der Waals surface area contributed by atoms with Crippen LogP contribution in [0.15, 0.2) is 85.6 Å². The fourth-order valence-electron chi connectivity index (χ4n) is 5.41. The van der Waals surface area contributed by atoms with Crippen molar-refractivity contribution in [2.24, 2.45) is 0 Å². The van der Waals surface area contributed by atoms with Crippen molar-refractivity contribution in [1.29, 1.82) is 0 Å². The molecule has 3 heterocycles. The van der Waals surface area contributed by atoms with Crippen LogP contribution in [0, 0.1) is 5.82 Å². The first-order valence-electron chi connectivity index (χ1n) is 13.6. The molecule has 3 aromatic carbocycles. The Bertz CT molecular complexity index is 1880. The lowest BCUT2D eigenvalue weighted by molar-refractivity contribution is -0.123. The Morgan fingerprint density at radius 2 is 1.77 bits per heavy atom. The number of carbonyl (C=O) groups is 3. The van der Waals surface area contributed by atoms with Crippen LogP contribution in [-0.4, -0.2) is 61.2 Å². The van der Waals surface area contributed by atoms with Crippen LogP contribution in [0.2, 0.25) is 5.02 Å². The van der Waals surface area contributed by atoms with E-state index in [4.69, 9.17) is 16.3 Å². The van der Waals surface area contributed by atoms with Crippen LogP contribution in [-0.2, 0) is 22.4 Å². The van der Waals surface area contributed by atoms with Crippen molar-refractivity contribution in [2.75, 3.05) is 13.7 Å². The number of halogens is 2. The molecular weight excluding hydrogens is 587 g/mol. The highest BCUT2D eigenvalue weighted by atomic mass is 35.5. The summed E-state index contributed by atoms with van der Waals surface area (Å²) in [6.45, 7) is 0.215. The predicted octanol–water partition coefficient (Wildman–Crippen LogP) is 4.85. The third kappa shape index (κ3) is 5.45. The molecule has 1 aliphatic heterocycles. The summed E-state index contributed by atoms with van der Waals surface area (Å²) in [5, 5.41) is 7.87. The average Bonchev–Trinajstić information content (AvgIpc) is 3.55. The topological polar surface area (TPSA) is 120 Å². The molecule has 1 amide bonds. The zero-order valence-electron chi connectivity index (χ0n) is 23.4. The molecule has 0 aliphatic carbocycles. The van der Waals surface area contributed by atoms with Crippen molar-refractivity contribution in [3.8, 4) is 16.8 Å². The largest absolute Gasteiger partial charge is 0.465 e. The van der Waals surface area contributed by atoms with E-state index in [-0.39, 0.29) is 35.2 Å². The van der Waals surface area contributed by atoms with Gasteiger partial charge in [0.05, 0.1) is 23.9 Å². The van der Waals surface area contributed by atoms with E-state index in [0.29, 0.717) is 23.1 Å². The van der Waals surface area contributed by atoms with E-state index in [0.717, 1.165) is 21.4 Å². The maximum atomic E-state index is 14.7. The van der Waals surface area contributed by atoms with Gasteiger partial charge in [0.25, 0.3) is 5.91 Å². The maximum Gasteiger partial charge on any atom is 0.337 e. The van der Waals surface area contributed by atoms with Gasteiger partial charge in [0.1, 0.15) is 18.1 Å². The van der Waals surface area contributed by atoms with Crippen molar-refractivity contribution >= 4 is 29.3 Å². The molecule has 0 saturated heterocycles. The van der Waals surface area contributed by atoms with Gasteiger partial charge in [-0.3, -0.25) is 9.59 Å². The quantitative estimate of drug-likeness (QED) is 0.240. The maximum absolute atomic E-state index is 14.7. The Balaban J connectivity index is 1.37. The molecule has 0 fully saturated rings. The van der Waals surface area contributed by atoms with Gasteiger partial charge in [-0.2, -0.15) is 0 Å². The second kappa shape index (κ2) is 12.1. The molecule has 0 bridgehead atoms. The summed E-state index contributed by atoms with van der Waals surface area (Å²) in [4.78, 5) is 49.7. The SMILES string of the molecule is COC(=O)c1ccc(CC(=O)[C@H]2c3cccc(-c4cncnc4)c3CCN2C(=O)c2cn(-c3cccc(Cl)c3F)nn2)cc1. The Hall–Kier alpha value is -5.29. The van der Waals surface area contributed by atoms with Crippen LogP contribution >= 0.6 is 11.6 Å². The molecule has 6 rings (SSSR count). The van der Waals surface area contributed by atoms with Crippen LogP contribution in [0.5, 0.6) is 0 Å². The van der Waals surface area contributed by atoms with Crippen LogP contribution in [0.3, 0.4) is 0 Å². The lowest BCUT2D eigenvalue weighted by Gasteiger charge is -2.37. The van der Waals surface area contributed by atoms with E-state index in [1.165, 1.54) is 36.7 Å². The molecule has 0 N–H and O–H groups in total. The number of ether oxygens (including phenoxy) is 1. The van der Waals surface area contributed by atoms with E-state index < -0.39 is 23.7 Å². The number of Topliss-reactive ketones (excluding diaryl/α,β-unsaturated/α-hetero) is 1. The molecule has 0 radical (unpaired) electrons. The number of carbonyl (C=O) groups excluding carboxylic acids is 3. The van der Waals surface area contributed by atoms with Crippen molar-refractivity contribution in [1.82, 2.24) is 29.9 Å². The number of hydrogen-bond acceptors (Lipinski definition) is 8. The van der Waals surface area contributed by atoms with Crippen LogP contribution in [0.4, 0.5) is 4.39 Å². The van der Waals surface area contributed by atoms with Gasteiger partial charge in [-0.15, -0.1) is 5.10 Å². The van der Waals surface area contributed by atoms with Gasteiger partial charge in [0.15, 0.2) is 17.3 Å². The smallest absolute Gasteiger partial charge is 0.337 e. The summed E-state index contributed by atoms with van der Waals surface area (Å²) in [6.07, 6.45) is 6.62. The third-order valence-electron chi connectivity index (χ3n) is 7.50. The van der Waals surface area contributed by atoms with Gasteiger partial charge < -0.3 is 9.64 Å². The third-order valence-corrected chi connectivity index (χ3v) is 7.79. The van der Waals surface area contributed by atoms with Crippen molar-refractivity contribution < 1.29 is 23.5 Å². The first kappa shape index (κ1) is 28.8. The number of rotatable bonds is 7. The summed E-state index contributed by atoms with van der Waals surface area (Å²) < 4.78 is 20.6. The number of aromatic nitrogens is 5. The average molecular weight is 611 g/mol. The molecule has 0 unspecified atom stereocenters. The molecule has 44 heavy (non-hydrogen) atoms. The molecular formula is C32H24ClFN6O4. The molecule has 2 aromatic heterocycles. The normalized spacial score (nSPS) is 14.2. The first-order valence-corrected chi connectivity index (χ1v) is 14.0. The highest BCUT2D eigenvalue weighted by Gasteiger charge is 2.38. The molecule has 0 spiro atoms. The number of nitrogens with zero attached hydrogens (tertiary/aromatic N) is 6. The summed E-state index contributed by atoms with van der Waals surface area (Å²) in [7, 11) is 1.30. The summed E-state index contributed by atoms with van der Waals surface area (Å²) >= 11 is 5.93. The van der Waals surface area contributed by atoms with Crippen molar-refractivity contribution in [3.05, 3.63) is 124 Å². The zero-order chi connectivity index (χ0) is 30.8. The van der Waals surface area contributed by atoms with Gasteiger partial charge in [-0.05, 0) is 52.9 Å². The second-order valence-corrected chi connectivity index (χ2v) is 10.5. The van der Waals surface area contributed by atoms with Crippen LogP contribution < -0.4 is 0 Å². The number of hydrogen-bond donors (Lipinski definition) is 0. The molecule has 1 atom stereocenters. The summed E-state index contributed by atoms with van der Waals surface area (Å²) in [5.74, 6) is -1.95. The van der Waals surface area contributed by atoms with Gasteiger partial charge in [0, 0.05) is 30.9 Å². The molecule has 10 nitrogen and oxygen atoms in total. The van der Waals surface area contributed by atoms with Gasteiger partial charge >= 0.3 is 5.97 Å². The van der Waals surface area contributed by atoms with E-state index in [1.807, 2.05) is 18.2 Å². The van der Waals surface area contributed by atoms with E-state index >= 15 is 0 Å². The number of methoxy groups -OCH3 is 1. The summed E-state index contributed by atoms with van der Waals surface area (Å²) in [6, 6.07) is 15.6. The fraction of sp³-hybridized carbons (Fsp3) is 0.156. The molecule has 220 valence electrons. The molecule has 12 heteroatoms. The van der Waals surface area contributed by atoms with Gasteiger partial charge in [-0.25, -0.2) is 23.8 Å². The number of amides is 1. The fourth-order valence-corrected chi connectivity index (χ4v) is 5.58. The first-order chi connectivity index (χ1) is 21.4. The standard InChI is InChI=1S/C32H24ClFN6O4/c1-44-32(43)20-10-8-19(9-11-20)14-28(41)30-24-5-2-4-22(21-15-35-18-36-16-21)23(24)12-13-39(30)31(42)26-17-40(38-37-26)27-7-3-6-25(33)29(27)34/h2-11,15-18,30H,12-14H2,1H3/t30-/m1/s1. The minimum absolute atomic E-state index is 0.00552. The molecule has 5 aromatic rings. The lowest BCUT2D eigenvalue weighted by atomic mass is 9.84. The molecule has 0 saturated carbocycles.